The zero-order valence-electron chi connectivity index (χ0n) is 14.7. The second kappa shape index (κ2) is 6.92. The van der Waals surface area contributed by atoms with Gasteiger partial charge >= 0.3 is 0 Å². The van der Waals surface area contributed by atoms with Gasteiger partial charge in [-0.05, 0) is 30.7 Å². The third-order valence-electron chi connectivity index (χ3n) is 4.84. The van der Waals surface area contributed by atoms with Gasteiger partial charge in [0, 0.05) is 13.1 Å². The van der Waals surface area contributed by atoms with Crippen LogP contribution < -0.4 is 15.4 Å². The first kappa shape index (κ1) is 16.8. The van der Waals surface area contributed by atoms with E-state index in [1.54, 1.807) is 13.3 Å². The van der Waals surface area contributed by atoms with Crippen LogP contribution in [0.15, 0.2) is 42.6 Å². The van der Waals surface area contributed by atoms with E-state index in [0.29, 0.717) is 26.1 Å². The number of piperidine rings is 1. The standard InChI is InChI=1S/C19H22FN5O/c1-26-14-7-6-13(22-10-14)11-25-18-5-3-2-4-17(18)23-19(25)24-9-8-15(20)16(21)12-24/h2-7,10,15-16H,8-9,11-12,21H2,1H3/t15?,16-/m1/s1. The summed E-state index contributed by atoms with van der Waals surface area (Å²) < 4.78 is 21.1. The van der Waals surface area contributed by atoms with E-state index in [-0.39, 0.29) is 0 Å². The molecule has 0 radical (unpaired) electrons. The SMILES string of the molecule is COc1ccc(Cn2c(N3CCC(F)[C@H](N)C3)nc3ccccc32)nc1. The van der Waals surface area contributed by atoms with E-state index >= 15 is 0 Å². The molecule has 0 aliphatic carbocycles. The van der Waals surface area contributed by atoms with Crippen LogP contribution in [0.4, 0.5) is 10.3 Å². The fourth-order valence-electron chi connectivity index (χ4n) is 3.38. The first-order chi connectivity index (χ1) is 12.7. The monoisotopic (exact) mass is 355 g/mol. The highest BCUT2D eigenvalue weighted by atomic mass is 19.1. The molecular weight excluding hydrogens is 333 g/mol. The summed E-state index contributed by atoms with van der Waals surface area (Å²) in [6.07, 6.45) is 1.18. The number of aromatic nitrogens is 3. The lowest BCUT2D eigenvalue weighted by molar-refractivity contribution is 0.243. The number of nitrogens with two attached hydrogens (primary N) is 1. The Morgan fingerprint density at radius 2 is 2.12 bits per heavy atom. The Hall–Kier alpha value is -2.67. The Bertz CT molecular complexity index is 895. The van der Waals surface area contributed by atoms with Crippen LogP contribution in [0.5, 0.6) is 5.75 Å². The van der Waals surface area contributed by atoms with E-state index in [0.717, 1.165) is 28.4 Å². The highest BCUT2D eigenvalue weighted by Crippen LogP contribution is 2.26. The fourth-order valence-corrected chi connectivity index (χ4v) is 3.38. The molecule has 1 aliphatic rings. The Balaban J connectivity index is 1.71. The number of alkyl halides is 1. The number of rotatable bonds is 4. The number of hydrogen-bond donors (Lipinski definition) is 1. The number of ether oxygens (including phenoxy) is 1. The molecule has 2 aromatic heterocycles. The minimum atomic E-state index is -0.952. The first-order valence-electron chi connectivity index (χ1n) is 8.74. The number of halogens is 1. The second-order valence-corrected chi connectivity index (χ2v) is 6.59. The van der Waals surface area contributed by atoms with Gasteiger partial charge in [0.05, 0.1) is 42.6 Å². The van der Waals surface area contributed by atoms with Gasteiger partial charge in [0.2, 0.25) is 5.95 Å². The summed E-state index contributed by atoms with van der Waals surface area (Å²) in [7, 11) is 1.62. The van der Waals surface area contributed by atoms with Crippen molar-refractivity contribution >= 4 is 17.0 Å². The van der Waals surface area contributed by atoms with E-state index in [1.807, 2.05) is 36.4 Å². The molecule has 2 N–H and O–H groups in total. The number of para-hydroxylation sites is 2. The summed E-state index contributed by atoms with van der Waals surface area (Å²) in [4.78, 5) is 11.3. The fraction of sp³-hybridized carbons (Fsp3) is 0.368. The van der Waals surface area contributed by atoms with Crippen molar-refractivity contribution in [2.24, 2.45) is 5.73 Å². The molecule has 3 aromatic rings. The van der Waals surface area contributed by atoms with Crippen LogP contribution in [-0.4, -0.2) is 46.9 Å². The predicted octanol–water partition coefficient (Wildman–Crippen LogP) is 2.36. The van der Waals surface area contributed by atoms with E-state index in [4.69, 9.17) is 15.5 Å². The summed E-state index contributed by atoms with van der Waals surface area (Å²) in [5, 5.41) is 0. The Morgan fingerprint density at radius 3 is 2.85 bits per heavy atom. The minimum Gasteiger partial charge on any atom is -0.495 e. The number of pyridine rings is 1. The largest absolute Gasteiger partial charge is 0.495 e. The van der Waals surface area contributed by atoms with Gasteiger partial charge in [-0.25, -0.2) is 9.37 Å². The second-order valence-electron chi connectivity index (χ2n) is 6.59. The molecule has 7 heteroatoms. The van der Waals surface area contributed by atoms with Crippen LogP contribution in [0.3, 0.4) is 0 Å². The quantitative estimate of drug-likeness (QED) is 0.778. The Labute approximate surface area is 151 Å². The van der Waals surface area contributed by atoms with Gasteiger partial charge < -0.3 is 19.9 Å². The number of anilines is 1. The minimum absolute atomic E-state index is 0.422. The molecule has 1 aromatic carbocycles. The molecule has 0 saturated carbocycles. The van der Waals surface area contributed by atoms with E-state index in [9.17, 15) is 4.39 Å². The molecule has 0 spiro atoms. The number of methoxy groups -OCH3 is 1. The summed E-state index contributed by atoms with van der Waals surface area (Å²) in [5.41, 5.74) is 8.79. The van der Waals surface area contributed by atoms with Crippen LogP contribution in [0.2, 0.25) is 0 Å². The molecular formula is C19H22FN5O. The third-order valence-corrected chi connectivity index (χ3v) is 4.84. The molecule has 136 valence electrons. The summed E-state index contributed by atoms with van der Waals surface area (Å²) in [6.45, 7) is 1.64. The lowest BCUT2D eigenvalue weighted by Gasteiger charge is -2.34. The van der Waals surface area contributed by atoms with E-state index in [1.165, 1.54) is 0 Å². The van der Waals surface area contributed by atoms with Gasteiger partial charge in [-0.3, -0.25) is 4.98 Å². The van der Waals surface area contributed by atoms with Crippen molar-refractivity contribution in [3.63, 3.8) is 0 Å². The zero-order chi connectivity index (χ0) is 18.1. The predicted molar refractivity (Wildman–Crippen MR) is 99.3 cm³/mol. The molecule has 0 amide bonds. The third kappa shape index (κ3) is 3.10. The molecule has 1 saturated heterocycles. The molecule has 1 fully saturated rings. The van der Waals surface area contributed by atoms with Crippen LogP contribution >= 0.6 is 0 Å². The highest BCUT2D eigenvalue weighted by Gasteiger charge is 2.29. The van der Waals surface area contributed by atoms with Crippen molar-refractivity contribution in [1.29, 1.82) is 0 Å². The highest BCUT2D eigenvalue weighted by molar-refractivity contribution is 5.79. The van der Waals surface area contributed by atoms with Gasteiger partial charge in [-0.15, -0.1) is 0 Å². The molecule has 1 unspecified atom stereocenters. The van der Waals surface area contributed by atoms with Gasteiger partial charge in [0.1, 0.15) is 11.9 Å². The smallest absolute Gasteiger partial charge is 0.206 e. The molecule has 26 heavy (non-hydrogen) atoms. The molecule has 3 heterocycles. The lowest BCUT2D eigenvalue weighted by Crippen LogP contribution is -2.50. The van der Waals surface area contributed by atoms with Crippen LogP contribution in [0.25, 0.3) is 11.0 Å². The van der Waals surface area contributed by atoms with Crippen molar-refractivity contribution in [3.8, 4) is 5.75 Å². The van der Waals surface area contributed by atoms with Crippen LogP contribution in [0, 0.1) is 0 Å². The normalized spacial score (nSPS) is 20.5. The van der Waals surface area contributed by atoms with Crippen LogP contribution in [0.1, 0.15) is 12.1 Å². The number of nitrogens with zero attached hydrogens (tertiary/aromatic N) is 4. The average molecular weight is 355 g/mol. The maximum absolute atomic E-state index is 13.8. The zero-order valence-corrected chi connectivity index (χ0v) is 14.7. The number of hydrogen-bond acceptors (Lipinski definition) is 5. The Morgan fingerprint density at radius 1 is 1.27 bits per heavy atom. The van der Waals surface area contributed by atoms with Crippen molar-refractivity contribution in [3.05, 3.63) is 48.3 Å². The average Bonchev–Trinajstić information content (AvgIpc) is 3.03. The van der Waals surface area contributed by atoms with Crippen molar-refractivity contribution < 1.29 is 9.13 Å². The summed E-state index contributed by atoms with van der Waals surface area (Å²) in [6, 6.07) is 11.3. The van der Waals surface area contributed by atoms with Gasteiger partial charge in [0.15, 0.2) is 0 Å². The molecule has 4 rings (SSSR count). The number of benzene rings is 1. The van der Waals surface area contributed by atoms with Crippen molar-refractivity contribution in [1.82, 2.24) is 14.5 Å². The van der Waals surface area contributed by atoms with Gasteiger partial charge in [-0.2, -0.15) is 0 Å². The maximum atomic E-state index is 13.8. The van der Waals surface area contributed by atoms with E-state index < -0.39 is 12.2 Å². The molecule has 0 bridgehead atoms. The lowest BCUT2D eigenvalue weighted by atomic mass is 10.1. The number of fused-ring (bicyclic) bond motifs is 1. The first-order valence-corrected chi connectivity index (χ1v) is 8.74. The van der Waals surface area contributed by atoms with Crippen molar-refractivity contribution in [2.45, 2.75) is 25.2 Å². The van der Waals surface area contributed by atoms with Crippen molar-refractivity contribution in [2.75, 3.05) is 25.1 Å². The van der Waals surface area contributed by atoms with Gasteiger partial charge in [0.25, 0.3) is 0 Å². The maximum Gasteiger partial charge on any atom is 0.206 e. The van der Waals surface area contributed by atoms with Crippen LogP contribution in [-0.2, 0) is 6.54 Å². The molecule has 6 nitrogen and oxygen atoms in total. The summed E-state index contributed by atoms with van der Waals surface area (Å²) in [5.74, 6) is 1.53. The van der Waals surface area contributed by atoms with Gasteiger partial charge in [-0.1, -0.05) is 12.1 Å². The molecule has 1 aliphatic heterocycles. The van der Waals surface area contributed by atoms with E-state index in [2.05, 4.69) is 14.5 Å². The Kier molecular flexibility index (Phi) is 4.46. The number of imidazole rings is 1. The molecule has 2 atom stereocenters. The summed E-state index contributed by atoms with van der Waals surface area (Å²) >= 11 is 0. The topological polar surface area (TPSA) is 69.2 Å².